The molecule has 0 bridgehead atoms. The Balaban J connectivity index is 1.96. The van der Waals surface area contributed by atoms with Gasteiger partial charge in [-0.1, -0.05) is 23.5 Å². The summed E-state index contributed by atoms with van der Waals surface area (Å²) in [6.07, 6.45) is -2.38. The number of thioether (sulfide) groups is 1. The Morgan fingerprint density at radius 2 is 1.90 bits per heavy atom. The van der Waals surface area contributed by atoms with Crippen molar-refractivity contribution in [3.05, 3.63) is 35.7 Å². The van der Waals surface area contributed by atoms with E-state index in [4.69, 9.17) is 0 Å². The second kappa shape index (κ2) is 5.30. The van der Waals surface area contributed by atoms with Gasteiger partial charge in [-0.15, -0.1) is 10.2 Å². The van der Waals surface area contributed by atoms with E-state index in [1.54, 1.807) is 16.3 Å². The van der Waals surface area contributed by atoms with Gasteiger partial charge in [0.2, 0.25) is 4.96 Å². The maximum Gasteiger partial charge on any atom is 0.416 e. The number of nitrogens with zero attached hydrogens (tertiary/aromatic N) is 4. The van der Waals surface area contributed by atoms with Gasteiger partial charge < -0.3 is 0 Å². The smallest absolute Gasteiger partial charge is 0.186 e. The highest BCUT2D eigenvalue weighted by molar-refractivity contribution is 7.97. The summed E-state index contributed by atoms with van der Waals surface area (Å²) < 4.78 is 39.3. The summed E-state index contributed by atoms with van der Waals surface area (Å²) in [4.78, 5) is 0.633. The van der Waals surface area contributed by atoms with Gasteiger partial charge in [0.15, 0.2) is 5.82 Å². The van der Waals surface area contributed by atoms with Gasteiger partial charge in [-0.25, -0.2) is 0 Å². The normalized spacial score (nSPS) is 12.2. The summed E-state index contributed by atoms with van der Waals surface area (Å²) in [5, 5.41) is 13.0. The van der Waals surface area contributed by atoms with E-state index in [1.807, 2.05) is 6.26 Å². The lowest BCUT2D eigenvalue weighted by Gasteiger charge is -2.06. The standard InChI is InChI=1S/C12H9F3N4S2/c1-20-6-9-16-17-11-19(9)18-10(21-11)7-2-4-8(5-3-7)12(13,14)15/h2-5H,6H2,1H3. The minimum atomic E-state index is -4.33. The van der Waals surface area contributed by atoms with Gasteiger partial charge in [0, 0.05) is 5.56 Å². The molecule has 0 amide bonds. The average molecular weight is 330 g/mol. The summed E-state index contributed by atoms with van der Waals surface area (Å²) in [5.74, 6) is 1.41. The molecule has 0 aliphatic heterocycles. The van der Waals surface area contributed by atoms with Gasteiger partial charge in [-0.05, 0) is 18.4 Å². The molecular weight excluding hydrogens is 321 g/mol. The van der Waals surface area contributed by atoms with Crippen molar-refractivity contribution in [3.8, 4) is 10.6 Å². The minimum absolute atomic E-state index is 0.621. The molecule has 2 heterocycles. The molecule has 2 aromatic heterocycles. The fraction of sp³-hybridized carbons (Fsp3) is 0.250. The molecule has 0 radical (unpaired) electrons. The highest BCUT2D eigenvalue weighted by Gasteiger charge is 2.30. The number of alkyl halides is 3. The van der Waals surface area contributed by atoms with Crippen molar-refractivity contribution in [1.82, 2.24) is 19.8 Å². The molecule has 1 aromatic carbocycles. The second-order valence-electron chi connectivity index (χ2n) is 4.23. The number of fused-ring (bicyclic) bond motifs is 1. The summed E-state index contributed by atoms with van der Waals surface area (Å²) in [5.41, 5.74) is -0.0362. The van der Waals surface area contributed by atoms with Crippen LogP contribution in [0, 0.1) is 0 Å². The zero-order valence-electron chi connectivity index (χ0n) is 10.8. The van der Waals surface area contributed by atoms with Crippen LogP contribution in [0.2, 0.25) is 0 Å². The number of benzene rings is 1. The van der Waals surface area contributed by atoms with E-state index < -0.39 is 11.7 Å². The zero-order valence-corrected chi connectivity index (χ0v) is 12.4. The quantitative estimate of drug-likeness (QED) is 0.734. The lowest BCUT2D eigenvalue weighted by Crippen LogP contribution is -2.04. The van der Waals surface area contributed by atoms with Crippen molar-refractivity contribution in [3.63, 3.8) is 0 Å². The first kappa shape index (κ1) is 14.3. The molecule has 21 heavy (non-hydrogen) atoms. The predicted octanol–water partition coefficient (Wildman–Crippen LogP) is 3.73. The predicted molar refractivity (Wildman–Crippen MR) is 76.3 cm³/mol. The molecule has 3 rings (SSSR count). The maximum absolute atomic E-state index is 12.5. The molecule has 0 spiro atoms. The molecule has 0 aliphatic rings. The average Bonchev–Trinajstić information content (AvgIpc) is 3.00. The first-order chi connectivity index (χ1) is 9.99. The third-order valence-corrected chi connectivity index (χ3v) is 4.28. The van der Waals surface area contributed by atoms with E-state index in [2.05, 4.69) is 15.3 Å². The topological polar surface area (TPSA) is 43.1 Å². The Kier molecular flexibility index (Phi) is 3.62. The van der Waals surface area contributed by atoms with Crippen LogP contribution in [0.25, 0.3) is 15.5 Å². The van der Waals surface area contributed by atoms with Crippen molar-refractivity contribution < 1.29 is 13.2 Å². The van der Waals surface area contributed by atoms with E-state index >= 15 is 0 Å². The number of hydrogen-bond acceptors (Lipinski definition) is 5. The molecule has 0 fully saturated rings. The second-order valence-corrected chi connectivity index (χ2v) is 6.05. The fourth-order valence-electron chi connectivity index (χ4n) is 1.80. The van der Waals surface area contributed by atoms with Gasteiger partial charge in [-0.2, -0.15) is 34.5 Å². The van der Waals surface area contributed by atoms with E-state index in [0.29, 0.717) is 21.3 Å². The Hall–Kier alpha value is -1.61. The maximum atomic E-state index is 12.5. The van der Waals surface area contributed by atoms with E-state index in [-0.39, 0.29) is 0 Å². The Bertz CT molecular complexity index is 761. The number of hydrogen-bond donors (Lipinski definition) is 0. The molecule has 110 valence electrons. The third-order valence-electron chi connectivity index (χ3n) is 2.79. The highest BCUT2D eigenvalue weighted by atomic mass is 32.2. The molecule has 0 unspecified atom stereocenters. The van der Waals surface area contributed by atoms with Crippen molar-refractivity contribution in [2.75, 3.05) is 6.26 Å². The Morgan fingerprint density at radius 1 is 1.19 bits per heavy atom. The first-order valence-electron chi connectivity index (χ1n) is 5.87. The van der Waals surface area contributed by atoms with E-state index in [1.165, 1.54) is 23.5 Å². The van der Waals surface area contributed by atoms with Crippen LogP contribution in [-0.2, 0) is 11.9 Å². The molecule has 4 nitrogen and oxygen atoms in total. The summed E-state index contributed by atoms with van der Waals surface area (Å²) in [7, 11) is 0. The summed E-state index contributed by atoms with van der Waals surface area (Å²) in [6.45, 7) is 0. The largest absolute Gasteiger partial charge is 0.416 e. The Morgan fingerprint density at radius 3 is 2.52 bits per heavy atom. The van der Waals surface area contributed by atoms with Crippen LogP contribution < -0.4 is 0 Å². The van der Waals surface area contributed by atoms with Crippen LogP contribution in [0.15, 0.2) is 24.3 Å². The van der Waals surface area contributed by atoms with Crippen LogP contribution in [0.4, 0.5) is 13.2 Å². The molecular formula is C12H9F3N4S2. The molecule has 0 saturated carbocycles. The molecule has 3 aromatic rings. The minimum Gasteiger partial charge on any atom is -0.186 e. The van der Waals surface area contributed by atoms with Gasteiger partial charge in [-0.3, -0.25) is 0 Å². The third kappa shape index (κ3) is 2.75. The van der Waals surface area contributed by atoms with Crippen molar-refractivity contribution in [2.24, 2.45) is 0 Å². The summed E-state index contributed by atoms with van der Waals surface area (Å²) >= 11 is 2.90. The van der Waals surface area contributed by atoms with Gasteiger partial charge in [0.05, 0.1) is 11.3 Å². The van der Waals surface area contributed by atoms with Crippen molar-refractivity contribution in [1.29, 1.82) is 0 Å². The zero-order chi connectivity index (χ0) is 15.0. The van der Waals surface area contributed by atoms with Crippen LogP contribution >= 0.6 is 23.1 Å². The van der Waals surface area contributed by atoms with Crippen LogP contribution in [-0.4, -0.2) is 26.1 Å². The van der Waals surface area contributed by atoms with Crippen LogP contribution in [0.1, 0.15) is 11.4 Å². The van der Waals surface area contributed by atoms with Crippen LogP contribution in [0.5, 0.6) is 0 Å². The van der Waals surface area contributed by atoms with Crippen LogP contribution in [0.3, 0.4) is 0 Å². The first-order valence-corrected chi connectivity index (χ1v) is 8.08. The van der Waals surface area contributed by atoms with Gasteiger partial charge in [0.1, 0.15) is 5.01 Å². The van der Waals surface area contributed by atoms with E-state index in [0.717, 1.165) is 18.0 Å². The number of rotatable bonds is 3. The summed E-state index contributed by atoms with van der Waals surface area (Å²) in [6, 6.07) is 4.95. The molecule has 0 aliphatic carbocycles. The molecule has 9 heteroatoms. The van der Waals surface area contributed by atoms with Gasteiger partial charge in [0.25, 0.3) is 0 Å². The van der Waals surface area contributed by atoms with E-state index in [9.17, 15) is 13.2 Å². The fourth-order valence-corrected chi connectivity index (χ4v) is 3.10. The SMILES string of the molecule is CSCc1nnc2sc(-c3ccc(C(F)(F)F)cc3)nn12. The monoisotopic (exact) mass is 330 g/mol. The lowest BCUT2D eigenvalue weighted by molar-refractivity contribution is -0.137. The van der Waals surface area contributed by atoms with Crippen molar-refractivity contribution >= 4 is 28.1 Å². The molecule has 0 saturated heterocycles. The van der Waals surface area contributed by atoms with Gasteiger partial charge >= 0.3 is 6.18 Å². The number of halogens is 3. The molecule has 0 N–H and O–H groups in total. The lowest BCUT2D eigenvalue weighted by atomic mass is 10.1. The Labute approximate surface area is 126 Å². The number of aromatic nitrogens is 4. The highest BCUT2D eigenvalue weighted by Crippen LogP contribution is 2.32. The molecule has 0 atom stereocenters. The van der Waals surface area contributed by atoms with Crippen molar-refractivity contribution in [2.45, 2.75) is 11.9 Å².